The molecule has 0 aromatic heterocycles. The molecule has 3 nitrogen and oxygen atoms in total. The molecule has 0 saturated carbocycles. The maximum Gasteiger partial charge on any atom is 0.277 e. The quantitative estimate of drug-likeness (QED) is 0.304. The largest absolute Gasteiger partial charge is 0.277 e. The van der Waals surface area contributed by atoms with E-state index in [1.807, 2.05) is 36.4 Å². The molecule has 4 aromatic rings. The summed E-state index contributed by atoms with van der Waals surface area (Å²) in [5.41, 5.74) is 4.87. The van der Waals surface area contributed by atoms with Gasteiger partial charge in [-0.15, -0.1) is 0 Å². The highest BCUT2D eigenvalue weighted by molar-refractivity contribution is 6.11. The van der Waals surface area contributed by atoms with Crippen molar-refractivity contribution < 1.29 is 4.92 Å². The van der Waals surface area contributed by atoms with Gasteiger partial charge in [0.25, 0.3) is 5.69 Å². The van der Waals surface area contributed by atoms with Crippen LogP contribution in [0.1, 0.15) is 11.1 Å². The van der Waals surface area contributed by atoms with Crippen LogP contribution in [0.4, 0.5) is 5.69 Å². The van der Waals surface area contributed by atoms with Crippen molar-refractivity contribution in [1.82, 2.24) is 0 Å². The first kappa shape index (κ1) is 13.3. The summed E-state index contributed by atoms with van der Waals surface area (Å²) in [4.78, 5) is 11.2. The molecule has 1 aliphatic carbocycles. The normalized spacial score (nSPS) is 12.3. The fourth-order valence-corrected chi connectivity index (χ4v) is 3.96. The van der Waals surface area contributed by atoms with E-state index in [2.05, 4.69) is 24.3 Å². The number of rotatable bonds is 1. The van der Waals surface area contributed by atoms with E-state index in [0.717, 1.165) is 22.9 Å². The number of benzene rings is 4. The van der Waals surface area contributed by atoms with E-state index in [1.165, 1.54) is 21.9 Å². The highest BCUT2D eigenvalue weighted by Crippen LogP contribution is 2.47. The zero-order valence-corrected chi connectivity index (χ0v) is 12.8. The van der Waals surface area contributed by atoms with E-state index in [1.54, 1.807) is 6.07 Å². The molecule has 0 heterocycles. The second-order valence-electron chi connectivity index (χ2n) is 6.23. The third-order valence-electron chi connectivity index (χ3n) is 4.95. The minimum absolute atomic E-state index is 0.196. The second-order valence-corrected chi connectivity index (χ2v) is 6.23. The van der Waals surface area contributed by atoms with Crippen LogP contribution in [0.15, 0.2) is 66.7 Å². The van der Waals surface area contributed by atoms with Gasteiger partial charge in [0.05, 0.1) is 10.3 Å². The molecule has 0 saturated heterocycles. The van der Waals surface area contributed by atoms with E-state index in [0.29, 0.717) is 5.39 Å². The number of hydrogen-bond donors (Lipinski definition) is 0. The second kappa shape index (κ2) is 4.65. The Kier molecular flexibility index (Phi) is 2.57. The van der Waals surface area contributed by atoms with Crippen LogP contribution in [0.5, 0.6) is 0 Å². The maximum atomic E-state index is 11.5. The molecular weight excluding hydrogens is 298 g/mol. The first-order valence-corrected chi connectivity index (χ1v) is 7.94. The Labute approximate surface area is 138 Å². The first-order chi connectivity index (χ1) is 11.7. The highest BCUT2D eigenvalue weighted by Gasteiger charge is 2.27. The molecule has 0 unspecified atom stereocenters. The summed E-state index contributed by atoms with van der Waals surface area (Å²) in [5.74, 6) is 0. The Hall–Kier alpha value is -3.20. The number of nitrogens with zero attached hydrogens (tertiary/aromatic N) is 1. The molecule has 0 spiro atoms. The van der Waals surface area contributed by atoms with Gasteiger partial charge in [0, 0.05) is 6.07 Å². The molecular formula is C21H13NO2. The number of nitro benzene ring substituents is 1. The Morgan fingerprint density at radius 2 is 1.42 bits per heavy atom. The van der Waals surface area contributed by atoms with E-state index >= 15 is 0 Å². The third kappa shape index (κ3) is 1.67. The van der Waals surface area contributed by atoms with Gasteiger partial charge in [0.1, 0.15) is 0 Å². The number of non-ortho nitro benzene ring substituents is 1. The van der Waals surface area contributed by atoms with Crippen LogP contribution in [0.3, 0.4) is 0 Å². The summed E-state index contributed by atoms with van der Waals surface area (Å²) in [6.45, 7) is 0. The van der Waals surface area contributed by atoms with E-state index in [-0.39, 0.29) is 10.6 Å². The molecule has 0 radical (unpaired) electrons. The lowest BCUT2D eigenvalue weighted by molar-refractivity contribution is -0.383. The summed E-state index contributed by atoms with van der Waals surface area (Å²) in [6.07, 6.45) is 0.751. The van der Waals surface area contributed by atoms with Crippen molar-refractivity contribution in [3.63, 3.8) is 0 Å². The average Bonchev–Trinajstić information content (AvgIpc) is 3.00. The summed E-state index contributed by atoms with van der Waals surface area (Å²) in [7, 11) is 0. The molecule has 0 bridgehead atoms. The van der Waals surface area contributed by atoms with E-state index in [9.17, 15) is 10.1 Å². The van der Waals surface area contributed by atoms with Gasteiger partial charge in [-0.3, -0.25) is 10.1 Å². The third-order valence-corrected chi connectivity index (χ3v) is 4.95. The molecule has 3 heteroatoms. The van der Waals surface area contributed by atoms with Crippen LogP contribution < -0.4 is 0 Å². The van der Waals surface area contributed by atoms with Crippen molar-refractivity contribution in [3.05, 3.63) is 88.0 Å². The van der Waals surface area contributed by atoms with Crippen LogP contribution in [-0.2, 0) is 6.42 Å². The van der Waals surface area contributed by atoms with Crippen LogP contribution in [0, 0.1) is 10.1 Å². The smallest absolute Gasteiger partial charge is 0.258 e. The van der Waals surface area contributed by atoms with Gasteiger partial charge in [-0.1, -0.05) is 54.6 Å². The number of nitro groups is 1. The zero-order valence-electron chi connectivity index (χ0n) is 12.8. The number of fused-ring (bicyclic) bond motifs is 7. The maximum absolute atomic E-state index is 11.5. The lowest BCUT2D eigenvalue weighted by Crippen LogP contribution is -1.93. The van der Waals surface area contributed by atoms with Gasteiger partial charge >= 0.3 is 0 Å². The minimum atomic E-state index is -0.274. The summed E-state index contributed by atoms with van der Waals surface area (Å²) < 4.78 is 0. The molecule has 24 heavy (non-hydrogen) atoms. The van der Waals surface area contributed by atoms with Gasteiger partial charge in [0.15, 0.2) is 0 Å². The van der Waals surface area contributed by atoms with Gasteiger partial charge in [-0.25, -0.2) is 0 Å². The summed E-state index contributed by atoms with van der Waals surface area (Å²) >= 11 is 0. The lowest BCUT2D eigenvalue weighted by atomic mass is 9.93. The molecule has 5 rings (SSSR count). The van der Waals surface area contributed by atoms with Crippen molar-refractivity contribution in [2.24, 2.45) is 0 Å². The molecule has 0 amide bonds. The SMILES string of the molecule is O=[N+]([O-])c1cc2c(c3ccccc13)-c1c(ccc3ccccc13)C2. The van der Waals surface area contributed by atoms with Crippen LogP contribution >= 0.6 is 0 Å². The fraction of sp³-hybridized carbons (Fsp3) is 0.0476. The van der Waals surface area contributed by atoms with Crippen LogP contribution in [0.25, 0.3) is 32.7 Å². The highest BCUT2D eigenvalue weighted by atomic mass is 16.6. The fourth-order valence-electron chi connectivity index (χ4n) is 3.96. The Morgan fingerprint density at radius 3 is 2.21 bits per heavy atom. The summed E-state index contributed by atoms with van der Waals surface area (Å²) in [6, 6.07) is 22.0. The zero-order chi connectivity index (χ0) is 16.3. The van der Waals surface area contributed by atoms with Crippen LogP contribution in [0.2, 0.25) is 0 Å². The van der Waals surface area contributed by atoms with Gasteiger partial charge < -0.3 is 0 Å². The number of hydrogen-bond acceptors (Lipinski definition) is 2. The van der Waals surface area contributed by atoms with E-state index in [4.69, 9.17) is 0 Å². The molecule has 0 fully saturated rings. The van der Waals surface area contributed by atoms with Crippen molar-refractivity contribution >= 4 is 27.2 Å². The van der Waals surface area contributed by atoms with Crippen molar-refractivity contribution in [2.45, 2.75) is 6.42 Å². The Balaban J connectivity index is 1.98. The molecule has 0 N–H and O–H groups in total. The van der Waals surface area contributed by atoms with E-state index < -0.39 is 0 Å². The monoisotopic (exact) mass is 311 g/mol. The Morgan fingerprint density at radius 1 is 0.750 bits per heavy atom. The lowest BCUT2D eigenvalue weighted by Gasteiger charge is -2.10. The van der Waals surface area contributed by atoms with Crippen LogP contribution in [-0.4, -0.2) is 4.92 Å². The average molecular weight is 311 g/mol. The predicted octanol–water partition coefficient (Wildman–Crippen LogP) is 5.47. The van der Waals surface area contributed by atoms with Crippen molar-refractivity contribution in [1.29, 1.82) is 0 Å². The topological polar surface area (TPSA) is 43.1 Å². The summed E-state index contributed by atoms with van der Waals surface area (Å²) in [5, 5.41) is 15.6. The van der Waals surface area contributed by atoms with Crippen molar-refractivity contribution in [2.75, 3.05) is 0 Å². The predicted molar refractivity (Wildman–Crippen MR) is 96.4 cm³/mol. The van der Waals surface area contributed by atoms with Gasteiger partial charge in [-0.05, 0) is 50.9 Å². The Bertz CT molecular complexity index is 1160. The van der Waals surface area contributed by atoms with Crippen molar-refractivity contribution in [3.8, 4) is 11.1 Å². The molecule has 0 aliphatic heterocycles. The first-order valence-electron chi connectivity index (χ1n) is 7.94. The molecule has 4 aromatic carbocycles. The molecule has 1 aliphatic rings. The molecule has 0 atom stereocenters. The van der Waals surface area contributed by atoms with Gasteiger partial charge in [-0.2, -0.15) is 0 Å². The minimum Gasteiger partial charge on any atom is -0.258 e. The standard InChI is InChI=1S/C21H13NO2/c23-22(24)19-12-15-11-14-10-9-13-5-1-2-6-16(13)20(14)21(15)18-8-4-3-7-17(18)19/h1-10,12H,11H2. The molecule has 114 valence electrons. The van der Waals surface area contributed by atoms with Gasteiger partial charge in [0.2, 0.25) is 0 Å².